The molecule has 150 valence electrons. The van der Waals surface area contributed by atoms with Crippen LogP contribution >= 0.6 is 11.3 Å². The van der Waals surface area contributed by atoms with Crippen LogP contribution in [0.15, 0.2) is 46.4 Å². The molecular formula is C22H25N5OS. The van der Waals surface area contributed by atoms with Crippen LogP contribution < -0.4 is 17.1 Å². The van der Waals surface area contributed by atoms with Crippen LogP contribution in [0.2, 0.25) is 0 Å². The van der Waals surface area contributed by atoms with Crippen molar-refractivity contribution in [1.82, 2.24) is 9.97 Å². The van der Waals surface area contributed by atoms with Crippen molar-refractivity contribution in [2.24, 2.45) is 22.6 Å². The lowest BCUT2D eigenvalue weighted by Crippen LogP contribution is -2.27. The number of nitrogens with two attached hydrogens (primary N) is 2. The van der Waals surface area contributed by atoms with Crippen LogP contribution in [0.3, 0.4) is 0 Å². The molecule has 1 aliphatic carbocycles. The molecule has 6 nitrogen and oxygen atoms in total. The second-order valence-electron chi connectivity index (χ2n) is 7.48. The average Bonchev–Trinajstić information content (AvgIpc) is 3.45. The molecule has 2 aromatic heterocycles. The van der Waals surface area contributed by atoms with Gasteiger partial charge in [0.15, 0.2) is 5.84 Å². The third-order valence-electron chi connectivity index (χ3n) is 5.36. The first-order valence-electron chi connectivity index (χ1n) is 9.94. The Morgan fingerprint density at radius 1 is 1.31 bits per heavy atom. The van der Waals surface area contributed by atoms with Crippen LogP contribution in [0.1, 0.15) is 42.2 Å². The van der Waals surface area contributed by atoms with Gasteiger partial charge in [0.1, 0.15) is 5.01 Å². The Kier molecular flexibility index (Phi) is 5.49. The van der Waals surface area contributed by atoms with Crippen molar-refractivity contribution in [1.29, 1.82) is 0 Å². The summed E-state index contributed by atoms with van der Waals surface area (Å²) < 4.78 is 0. The van der Waals surface area contributed by atoms with Gasteiger partial charge in [-0.05, 0) is 42.4 Å². The molecule has 0 amide bonds. The highest BCUT2D eigenvalue weighted by Gasteiger charge is 2.21. The second kappa shape index (κ2) is 8.21. The topological polar surface area (TPSA) is 110 Å². The summed E-state index contributed by atoms with van der Waals surface area (Å²) in [5.41, 5.74) is 9.51. The maximum Gasteiger partial charge on any atom is 0.260 e. The molecule has 1 fully saturated rings. The zero-order chi connectivity index (χ0) is 20.4. The van der Waals surface area contributed by atoms with Gasteiger partial charge in [0.25, 0.3) is 5.56 Å². The van der Waals surface area contributed by atoms with Crippen LogP contribution in [-0.2, 0) is 12.8 Å². The molecule has 0 atom stereocenters. The van der Waals surface area contributed by atoms with Gasteiger partial charge >= 0.3 is 0 Å². The lowest BCUT2D eigenvalue weighted by molar-refractivity contribution is 0.727. The summed E-state index contributed by atoms with van der Waals surface area (Å²) in [5.74, 6) is 6.28. The third kappa shape index (κ3) is 4.24. The molecule has 0 bridgehead atoms. The van der Waals surface area contributed by atoms with Crippen LogP contribution in [0.25, 0.3) is 21.8 Å². The molecule has 3 aromatic rings. The smallest absolute Gasteiger partial charge is 0.260 e. The fourth-order valence-electron chi connectivity index (χ4n) is 3.43. The standard InChI is InChI=1S/C22H25N5OS/c1-2-16-12-25-22(29-16)17-11-18(26-21(28)19(17)20(23)27-24)15-9-7-14(8-10-15)6-5-13-3-4-13/h7-13H,2-6,24H2,1H3,(H2,23,27)(H,26,28). The van der Waals surface area contributed by atoms with E-state index >= 15 is 0 Å². The Labute approximate surface area is 173 Å². The van der Waals surface area contributed by atoms with E-state index in [-0.39, 0.29) is 17.0 Å². The maximum absolute atomic E-state index is 12.8. The quantitative estimate of drug-likeness (QED) is 0.240. The molecule has 7 heteroatoms. The fraction of sp³-hybridized carbons (Fsp3) is 0.318. The van der Waals surface area contributed by atoms with E-state index in [1.807, 2.05) is 12.3 Å². The number of nitrogens with zero attached hydrogens (tertiary/aromatic N) is 2. The third-order valence-corrected chi connectivity index (χ3v) is 6.54. The summed E-state index contributed by atoms with van der Waals surface area (Å²) in [4.78, 5) is 21.4. The van der Waals surface area contributed by atoms with Crippen LogP contribution in [0, 0.1) is 5.92 Å². The first-order valence-corrected chi connectivity index (χ1v) is 10.8. The largest absolute Gasteiger partial charge is 0.382 e. The first-order chi connectivity index (χ1) is 14.1. The number of thiazole rings is 1. The van der Waals surface area contributed by atoms with Gasteiger partial charge in [-0.15, -0.1) is 11.3 Å². The number of H-pyrrole nitrogens is 1. The predicted molar refractivity (Wildman–Crippen MR) is 119 cm³/mol. The van der Waals surface area contributed by atoms with E-state index in [4.69, 9.17) is 11.6 Å². The lowest BCUT2D eigenvalue weighted by atomic mass is 10.0. The Balaban J connectivity index is 1.73. The average molecular weight is 408 g/mol. The fourth-order valence-corrected chi connectivity index (χ4v) is 4.30. The molecule has 0 aliphatic heterocycles. The molecule has 0 saturated heterocycles. The van der Waals surface area contributed by atoms with Crippen LogP contribution in [-0.4, -0.2) is 15.8 Å². The summed E-state index contributed by atoms with van der Waals surface area (Å²) in [6.45, 7) is 2.07. The van der Waals surface area contributed by atoms with Gasteiger partial charge in [-0.3, -0.25) is 4.79 Å². The molecule has 1 aliphatic rings. The van der Waals surface area contributed by atoms with Gasteiger partial charge in [0, 0.05) is 22.3 Å². The Hall–Kier alpha value is -2.93. The normalized spacial score (nSPS) is 14.3. The van der Waals surface area contributed by atoms with Crippen molar-refractivity contribution in [2.45, 2.75) is 39.0 Å². The number of hydrogen-bond donors (Lipinski definition) is 3. The van der Waals surface area contributed by atoms with E-state index in [9.17, 15) is 4.79 Å². The summed E-state index contributed by atoms with van der Waals surface area (Å²) >= 11 is 1.54. The number of pyridine rings is 1. The molecule has 1 saturated carbocycles. The van der Waals surface area contributed by atoms with Gasteiger partial charge in [0.05, 0.1) is 5.56 Å². The van der Waals surface area contributed by atoms with Crippen LogP contribution in [0.5, 0.6) is 0 Å². The number of aryl methyl sites for hydroxylation is 2. The van der Waals surface area contributed by atoms with E-state index in [1.165, 1.54) is 24.8 Å². The molecule has 29 heavy (non-hydrogen) atoms. The monoisotopic (exact) mass is 407 g/mol. The summed E-state index contributed by atoms with van der Waals surface area (Å²) in [6, 6.07) is 10.3. The Morgan fingerprint density at radius 3 is 2.69 bits per heavy atom. The Morgan fingerprint density at radius 2 is 2.07 bits per heavy atom. The van der Waals surface area contributed by atoms with Gasteiger partial charge < -0.3 is 16.6 Å². The zero-order valence-corrected chi connectivity index (χ0v) is 17.3. The highest BCUT2D eigenvalue weighted by atomic mass is 32.1. The zero-order valence-electron chi connectivity index (χ0n) is 16.4. The van der Waals surface area contributed by atoms with Crippen molar-refractivity contribution in [3.05, 3.63) is 62.9 Å². The van der Waals surface area contributed by atoms with E-state index in [0.717, 1.165) is 39.9 Å². The van der Waals surface area contributed by atoms with E-state index in [1.54, 1.807) is 11.3 Å². The minimum absolute atomic E-state index is 0.00327. The molecule has 4 rings (SSSR count). The number of aromatic nitrogens is 2. The van der Waals surface area contributed by atoms with E-state index in [2.05, 4.69) is 46.3 Å². The molecule has 2 heterocycles. The van der Waals surface area contributed by atoms with Gasteiger partial charge in [0.2, 0.25) is 0 Å². The number of benzene rings is 1. The highest BCUT2D eigenvalue weighted by molar-refractivity contribution is 7.15. The van der Waals surface area contributed by atoms with Gasteiger partial charge in [-0.25, -0.2) is 4.98 Å². The lowest BCUT2D eigenvalue weighted by Gasteiger charge is -2.10. The van der Waals surface area contributed by atoms with Crippen LogP contribution in [0.4, 0.5) is 0 Å². The Bertz CT molecular complexity index is 1090. The first kappa shape index (κ1) is 19.4. The number of aromatic amines is 1. The molecule has 0 unspecified atom stereocenters. The number of hydrazone groups is 1. The van der Waals surface area contributed by atoms with Crippen molar-refractivity contribution < 1.29 is 0 Å². The summed E-state index contributed by atoms with van der Waals surface area (Å²) in [5, 5.41) is 4.27. The summed E-state index contributed by atoms with van der Waals surface area (Å²) in [7, 11) is 0. The van der Waals surface area contributed by atoms with Gasteiger partial charge in [-0.2, -0.15) is 5.10 Å². The minimum Gasteiger partial charge on any atom is -0.382 e. The number of amidine groups is 1. The molecule has 0 spiro atoms. The molecule has 1 aromatic carbocycles. The van der Waals surface area contributed by atoms with Crippen molar-refractivity contribution >= 4 is 17.2 Å². The highest BCUT2D eigenvalue weighted by Crippen LogP contribution is 2.34. The molecule has 5 N–H and O–H groups in total. The molecular weight excluding hydrogens is 382 g/mol. The van der Waals surface area contributed by atoms with Gasteiger partial charge in [-0.1, -0.05) is 44.0 Å². The summed E-state index contributed by atoms with van der Waals surface area (Å²) in [6.07, 6.45) is 7.83. The maximum atomic E-state index is 12.8. The predicted octanol–water partition coefficient (Wildman–Crippen LogP) is 3.65. The van der Waals surface area contributed by atoms with E-state index in [0.29, 0.717) is 5.56 Å². The molecule has 0 radical (unpaired) electrons. The minimum atomic E-state index is -0.324. The van der Waals surface area contributed by atoms with Crippen molar-refractivity contribution in [3.63, 3.8) is 0 Å². The number of hydrogen-bond acceptors (Lipinski definition) is 5. The van der Waals surface area contributed by atoms with Crippen molar-refractivity contribution in [3.8, 4) is 21.8 Å². The SMILES string of the molecule is CCc1cnc(-c2cc(-c3ccc(CCC4CC4)cc3)[nH]c(=O)c2/C(N)=N/N)s1. The number of nitrogens with one attached hydrogen (secondary N) is 1. The van der Waals surface area contributed by atoms with Crippen molar-refractivity contribution in [2.75, 3.05) is 0 Å². The second-order valence-corrected chi connectivity index (χ2v) is 8.59. The number of rotatable bonds is 7. The van der Waals surface area contributed by atoms with E-state index < -0.39 is 0 Å².